The Labute approximate surface area is 113 Å². The first-order chi connectivity index (χ1) is 9.22. The number of anilines is 2. The van der Waals surface area contributed by atoms with E-state index in [0.717, 1.165) is 16.3 Å². The highest BCUT2D eigenvalue weighted by Crippen LogP contribution is 2.50. The zero-order valence-corrected chi connectivity index (χ0v) is 10.6. The molecule has 0 aliphatic carbocycles. The van der Waals surface area contributed by atoms with Crippen LogP contribution in [-0.4, -0.2) is 11.0 Å². The maximum Gasteiger partial charge on any atom is 0.295 e. The Morgan fingerprint density at radius 3 is 2.84 bits per heavy atom. The molecule has 3 heterocycles. The van der Waals surface area contributed by atoms with Crippen LogP contribution in [0.25, 0.3) is 0 Å². The minimum atomic E-state index is -0.779. The van der Waals surface area contributed by atoms with Gasteiger partial charge in [0.15, 0.2) is 11.4 Å². The molecule has 5 heteroatoms. The second kappa shape index (κ2) is 3.39. The van der Waals surface area contributed by atoms with Crippen molar-refractivity contribution >= 4 is 28.6 Å². The van der Waals surface area contributed by atoms with Crippen molar-refractivity contribution < 1.29 is 9.90 Å². The van der Waals surface area contributed by atoms with Gasteiger partial charge in [0.05, 0.1) is 16.3 Å². The smallest absolute Gasteiger partial charge is 0.295 e. The summed E-state index contributed by atoms with van der Waals surface area (Å²) in [5.74, 6) is -0.582. The molecular formula is C14H10N2O2S. The molecule has 19 heavy (non-hydrogen) atoms. The van der Waals surface area contributed by atoms with Crippen molar-refractivity contribution in [3.63, 3.8) is 0 Å². The van der Waals surface area contributed by atoms with E-state index in [1.807, 2.05) is 41.8 Å². The summed E-state index contributed by atoms with van der Waals surface area (Å²) in [7, 11) is 0. The molecule has 2 aliphatic rings. The topological polar surface area (TPSA) is 52.6 Å². The normalized spacial score (nSPS) is 23.9. The van der Waals surface area contributed by atoms with E-state index in [1.165, 1.54) is 0 Å². The molecule has 4 rings (SSSR count). The van der Waals surface area contributed by atoms with Gasteiger partial charge < -0.3 is 10.4 Å². The molecule has 0 spiro atoms. The summed E-state index contributed by atoms with van der Waals surface area (Å²) in [6, 6.07) is 11.5. The molecule has 1 amide bonds. The molecule has 0 radical (unpaired) electrons. The fraction of sp³-hybridized carbons (Fsp3) is 0.0714. The maximum absolute atomic E-state index is 12.2. The highest BCUT2D eigenvalue weighted by atomic mass is 32.1. The number of rotatable bonds is 1. The van der Waals surface area contributed by atoms with Crippen molar-refractivity contribution in [2.45, 2.75) is 5.66 Å². The van der Waals surface area contributed by atoms with Crippen LogP contribution in [0.3, 0.4) is 0 Å². The molecule has 0 bridgehead atoms. The Morgan fingerprint density at radius 1 is 1.21 bits per heavy atom. The van der Waals surface area contributed by atoms with Crippen LogP contribution in [0.15, 0.2) is 53.6 Å². The molecule has 2 aliphatic heterocycles. The average molecular weight is 270 g/mol. The van der Waals surface area contributed by atoms with Gasteiger partial charge in [-0.25, -0.2) is 0 Å². The van der Waals surface area contributed by atoms with E-state index in [1.54, 1.807) is 22.3 Å². The lowest BCUT2D eigenvalue weighted by Crippen LogP contribution is -2.44. The number of aliphatic hydroxyl groups is 1. The summed E-state index contributed by atoms with van der Waals surface area (Å²) in [5.41, 5.74) is 0.910. The quantitative estimate of drug-likeness (QED) is 0.837. The molecule has 4 nitrogen and oxygen atoms in total. The summed E-state index contributed by atoms with van der Waals surface area (Å²) < 4.78 is 0. The Bertz CT molecular complexity index is 708. The number of fused-ring (bicyclic) bond motifs is 3. The lowest BCUT2D eigenvalue weighted by atomic mass is 10.1. The van der Waals surface area contributed by atoms with Crippen LogP contribution < -0.4 is 10.2 Å². The number of carbonyl (C=O) groups is 1. The van der Waals surface area contributed by atoms with Crippen LogP contribution in [0.1, 0.15) is 4.88 Å². The molecular weight excluding hydrogens is 260 g/mol. The number of para-hydroxylation sites is 2. The first-order valence-corrected chi connectivity index (χ1v) is 6.78. The van der Waals surface area contributed by atoms with Gasteiger partial charge in [-0.05, 0) is 23.6 Å². The number of carbonyl (C=O) groups excluding carboxylic acids is 1. The Balaban J connectivity index is 1.98. The minimum absolute atomic E-state index is 0.213. The van der Waals surface area contributed by atoms with E-state index < -0.39 is 5.66 Å². The van der Waals surface area contributed by atoms with Crippen LogP contribution in [0, 0.1) is 0 Å². The van der Waals surface area contributed by atoms with Crippen LogP contribution in [-0.2, 0) is 10.5 Å². The third-order valence-corrected chi connectivity index (χ3v) is 4.48. The van der Waals surface area contributed by atoms with E-state index in [2.05, 4.69) is 5.32 Å². The summed E-state index contributed by atoms with van der Waals surface area (Å²) in [5, 5.41) is 15.1. The maximum atomic E-state index is 12.2. The molecule has 94 valence electrons. The second-order valence-corrected chi connectivity index (χ2v) is 5.50. The van der Waals surface area contributed by atoms with Crippen LogP contribution in [0.4, 0.5) is 11.4 Å². The van der Waals surface area contributed by atoms with Gasteiger partial charge in [-0.15, -0.1) is 11.3 Å². The number of nitrogens with zero attached hydrogens (tertiary/aromatic N) is 1. The fourth-order valence-electron chi connectivity index (χ4n) is 2.71. The van der Waals surface area contributed by atoms with Crippen molar-refractivity contribution in [2.75, 3.05) is 10.2 Å². The SMILES string of the molecule is O=C1C(O)=CC2(c3cccs3)Nc3ccccc3N12. The lowest BCUT2D eigenvalue weighted by Gasteiger charge is -2.29. The van der Waals surface area contributed by atoms with Crippen molar-refractivity contribution in [1.82, 2.24) is 0 Å². The van der Waals surface area contributed by atoms with Crippen molar-refractivity contribution in [1.29, 1.82) is 0 Å². The van der Waals surface area contributed by atoms with E-state index in [4.69, 9.17) is 0 Å². The van der Waals surface area contributed by atoms with Crippen LogP contribution in [0.2, 0.25) is 0 Å². The van der Waals surface area contributed by atoms with Gasteiger partial charge in [0.25, 0.3) is 5.91 Å². The van der Waals surface area contributed by atoms with Gasteiger partial charge >= 0.3 is 0 Å². The van der Waals surface area contributed by atoms with Crippen molar-refractivity contribution in [3.05, 3.63) is 58.5 Å². The van der Waals surface area contributed by atoms with Crippen molar-refractivity contribution in [3.8, 4) is 0 Å². The summed E-state index contributed by atoms with van der Waals surface area (Å²) >= 11 is 1.55. The summed E-state index contributed by atoms with van der Waals surface area (Å²) in [6.45, 7) is 0. The number of hydrogen-bond acceptors (Lipinski definition) is 4. The van der Waals surface area contributed by atoms with E-state index in [0.29, 0.717) is 0 Å². The number of hydrogen-bond donors (Lipinski definition) is 2. The van der Waals surface area contributed by atoms with E-state index in [-0.39, 0.29) is 11.7 Å². The average Bonchev–Trinajstić information content (AvgIpc) is 3.07. The Morgan fingerprint density at radius 2 is 2.05 bits per heavy atom. The number of amides is 1. The van der Waals surface area contributed by atoms with Crippen LogP contribution in [0.5, 0.6) is 0 Å². The minimum Gasteiger partial charge on any atom is -0.503 e. The lowest BCUT2D eigenvalue weighted by molar-refractivity contribution is -0.117. The monoisotopic (exact) mass is 270 g/mol. The molecule has 0 saturated heterocycles. The predicted octanol–water partition coefficient (Wildman–Crippen LogP) is 2.82. The molecule has 1 atom stereocenters. The number of thiophene rings is 1. The Kier molecular flexibility index (Phi) is 1.90. The third kappa shape index (κ3) is 1.20. The number of benzene rings is 1. The number of aliphatic hydroxyl groups excluding tert-OH is 1. The van der Waals surface area contributed by atoms with Gasteiger partial charge in [-0.1, -0.05) is 18.2 Å². The van der Waals surface area contributed by atoms with Crippen LogP contribution >= 0.6 is 11.3 Å². The highest BCUT2D eigenvalue weighted by molar-refractivity contribution is 7.10. The zero-order chi connectivity index (χ0) is 13.0. The highest BCUT2D eigenvalue weighted by Gasteiger charge is 2.53. The summed E-state index contributed by atoms with van der Waals surface area (Å²) in [6.07, 6.45) is 1.58. The molecule has 1 unspecified atom stereocenters. The van der Waals surface area contributed by atoms with E-state index >= 15 is 0 Å². The second-order valence-electron chi connectivity index (χ2n) is 4.56. The van der Waals surface area contributed by atoms with Gasteiger partial charge in [-0.2, -0.15) is 0 Å². The molecule has 2 N–H and O–H groups in total. The van der Waals surface area contributed by atoms with Gasteiger partial charge in [-0.3, -0.25) is 9.69 Å². The molecule has 1 aromatic carbocycles. The molecule has 2 aromatic rings. The van der Waals surface area contributed by atoms with Gasteiger partial charge in [0.1, 0.15) is 0 Å². The molecule has 1 aromatic heterocycles. The van der Waals surface area contributed by atoms with Gasteiger partial charge in [0.2, 0.25) is 0 Å². The van der Waals surface area contributed by atoms with Gasteiger partial charge in [0, 0.05) is 6.08 Å². The molecule has 0 fully saturated rings. The third-order valence-electron chi connectivity index (χ3n) is 3.49. The molecule has 0 saturated carbocycles. The number of nitrogens with one attached hydrogen (secondary N) is 1. The van der Waals surface area contributed by atoms with E-state index in [9.17, 15) is 9.90 Å². The van der Waals surface area contributed by atoms with Crippen molar-refractivity contribution in [2.24, 2.45) is 0 Å². The first kappa shape index (κ1) is 10.6. The predicted molar refractivity (Wildman–Crippen MR) is 74.3 cm³/mol. The Hall–Kier alpha value is -2.27. The zero-order valence-electron chi connectivity index (χ0n) is 9.83. The first-order valence-electron chi connectivity index (χ1n) is 5.90. The standard InChI is InChI=1S/C14H10N2O2S/c17-11-8-14(12-6-3-7-19-12)15-9-4-1-2-5-10(9)16(14)13(11)18/h1-8,15,17H. The largest absolute Gasteiger partial charge is 0.503 e. The fourth-order valence-corrected chi connectivity index (χ4v) is 3.55. The summed E-state index contributed by atoms with van der Waals surface area (Å²) in [4.78, 5) is 14.8.